The molecule has 0 bridgehead atoms. The molecule has 6 rings (SSSR count). The first-order valence-electron chi connectivity index (χ1n) is 14.3. The van der Waals surface area contributed by atoms with Gasteiger partial charge in [-0.15, -0.1) is 0 Å². The molecule has 9 heteroatoms. The van der Waals surface area contributed by atoms with Crippen molar-refractivity contribution in [1.82, 2.24) is 9.88 Å². The summed E-state index contributed by atoms with van der Waals surface area (Å²) in [6.07, 6.45) is 5.22. The molecule has 4 aromatic rings. The molecule has 9 nitrogen and oxygen atoms in total. The summed E-state index contributed by atoms with van der Waals surface area (Å²) in [7, 11) is 3.29. The Bertz CT molecular complexity index is 1630. The number of likely N-dealkylation sites (tertiary alicyclic amines) is 1. The molecule has 0 spiro atoms. The molecule has 42 heavy (non-hydrogen) atoms. The number of piperidine rings is 1. The molecular weight excluding hydrogens is 534 g/mol. The van der Waals surface area contributed by atoms with Gasteiger partial charge in [0.2, 0.25) is 0 Å². The van der Waals surface area contributed by atoms with Crippen LogP contribution in [-0.4, -0.2) is 68.5 Å². The third-order valence-corrected chi connectivity index (χ3v) is 8.06. The van der Waals surface area contributed by atoms with Crippen molar-refractivity contribution in [2.75, 3.05) is 40.5 Å². The van der Waals surface area contributed by atoms with Crippen molar-refractivity contribution in [2.24, 2.45) is 0 Å². The Hall–Kier alpha value is -4.39. The first-order valence-corrected chi connectivity index (χ1v) is 14.3. The number of carbonyl (C=O) groups excluding carboxylic acids is 1. The van der Waals surface area contributed by atoms with Crippen molar-refractivity contribution in [3.8, 4) is 40.0 Å². The molecule has 4 heterocycles. The highest BCUT2D eigenvalue weighted by atomic mass is 16.5. The normalized spacial score (nSPS) is 16.4. The summed E-state index contributed by atoms with van der Waals surface area (Å²) < 4.78 is 29.1. The number of nitriles is 1. The minimum atomic E-state index is -0.0273. The van der Waals surface area contributed by atoms with Crippen LogP contribution >= 0.6 is 0 Å². The van der Waals surface area contributed by atoms with Gasteiger partial charge in [0, 0.05) is 56.4 Å². The molecule has 2 saturated heterocycles. The van der Waals surface area contributed by atoms with Crippen molar-refractivity contribution in [1.29, 1.82) is 5.26 Å². The van der Waals surface area contributed by atoms with Crippen LogP contribution in [0.25, 0.3) is 33.6 Å². The molecular formula is C33H33N3O6. The fourth-order valence-corrected chi connectivity index (χ4v) is 5.66. The third kappa shape index (κ3) is 5.56. The van der Waals surface area contributed by atoms with Gasteiger partial charge >= 0.3 is 0 Å². The van der Waals surface area contributed by atoms with Crippen LogP contribution in [0.1, 0.15) is 41.6 Å². The molecule has 2 aromatic heterocycles. The molecule has 0 unspecified atom stereocenters. The van der Waals surface area contributed by atoms with E-state index >= 15 is 0 Å². The second-order valence-corrected chi connectivity index (χ2v) is 10.6. The predicted molar refractivity (Wildman–Crippen MR) is 157 cm³/mol. The van der Waals surface area contributed by atoms with Crippen LogP contribution in [0.5, 0.6) is 11.5 Å². The maximum absolute atomic E-state index is 13.2. The van der Waals surface area contributed by atoms with Gasteiger partial charge in [0.25, 0.3) is 5.91 Å². The predicted octanol–water partition coefficient (Wildman–Crippen LogP) is 5.85. The second kappa shape index (κ2) is 12.2. The summed E-state index contributed by atoms with van der Waals surface area (Å²) in [5.74, 6) is 1.65. The highest BCUT2D eigenvalue weighted by Crippen LogP contribution is 2.38. The van der Waals surface area contributed by atoms with Crippen molar-refractivity contribution in [3.05, 3.63) is 65.9 Å². The highest BCUT2D eigenvalue weighted by molar-refractivity contribution is 5.96. The SMILES string of the molecule is COc1cc(C(=O)N2CCC(OC)CC2)ccc1-c1cc2nccc(-c3ccc(OC4CCOCC4)c(C#N)c3)c2o1. The molecule has 2 fully saturated rings. The van der Waals surface area contributed by atoms with Gasteiger partial charge < -0.3 is 28.3 Å². The Labute approximate surface area is 244 Å². The number of fused-ring (bicyclic) bond motifs is 1. The Morgan fingerprint density at radius 2 is 1.76 bits per heavy atom. The smallest absolute Gasteiger partial charge is 0.253 e. The summed E-state index contributed by atoms with van der Waals surface area (Å²) in [5, 5.41) is 9.87. The minimum absolute atomic E-state index is 0.0273. The number of aromatic nitrogens is 1. The molecule has 0 N–H and O–H groups in total. The molecule has 0 aliphatic carbocycles. The van der Waals surface area contributed by atoms with Crippen molar-refractivity contribution < 1.29 is 28.2 Å². The molecule has 1 amide bonds. The largest absolute Gasteiger partial charge is 0.496 e. The van der Waals surface area contributed by atoms with E-state index in [2.05, 4.69) is 11.1 Å². The Balaban J connectivity index is 1.28. The lowest BCUT2D eigenvalue weighted by Crippen LogP contribution is -2.40. The molecule has 2 aliphatic rings. The summed E-state index contributed by atoms with van der Waals surface area (Å²) in [6.45, 7) is 2.65. The number of hydrogen-bond donors (Lipinski definition) is 0. The number of amides is 1. The Morgan fingerprint density at radius 3 is 2.50 bits per heavy atom. The fraction of sp³-hybridized carbons (Fsp3) is 0.364. The average molecular weight is 568 g/mol. The molecule has 0 radical (unpaired) electrons. The van der Waals surface area contributed by atoms with Gasteiger partial charge in [-0.05, 0) is 54.8 Å². The van der Waals surface area contributed by atoms with Gasteiger partial charge in [-0.1, -0.05) is 6.07 Å². The topological polar surface area (TPSA) is 107 Å². The summed E-state index contributed by atoms with van der Waals surface area (Å²) >= 11 is 0. The Morgan fingerprint density at radius 1 is 0.952 bits per heavy atom. The van der Waals surface area contributed by atoms with E-state index in [9.17, 15) is 10.1 Å². The number of carbonyl (C=O) groups is 1. The standard InChI is InChI=1S/C33H33N3O6/c1-38-24-8-13-36(14-9-24)33(37)22-3-5-27(30(18-22)39-2)31-19-28-32(42-31)26(7-12-35-28)21-4-6-29(23(17-21)20-34)41-25-10-15-40-16-11-25/h3-7,12,17-19,24-25H,8-11,13-16H2,1-2H3. The van der Waals surface area contributed by atoms with E-state index in [1.54, 1.807) is 32.5 Å². The number of benzene rings is 2. The zero-order valence-electron chi connectivity index (χ0n) is 23.8. The van der Waals surface area contributed by atoms with Crippen LogP contribution in [0.15, 0.2) is 59.1 Å². The number of rotatable bonds is 7. The van der Waals surface area contributed by atoms with Crippen LogP contribution < -0.4 is 9.47 Å². The maximum Gasteiger partial charge on any atom is 0.253 e. The van der Waals surface area contributed by atoms with Crippen LogP contribution in [0.3, 0.4) is 0 Å². The fourth-order valence-electron chi connectivity index (χ4n) is 5.66. The van der Waals surface area contributed by atoms with Crippen molar-refractivity contribution in [2.45, 2.75) is 37.9 Å². The van der Waals surface area contributed by atoms with Crippen LogP contribution in [0, 0.1) is 11.3 Å². The van der Waals surface area contributed by atoms with Crippen LogP contribution in [0.2, 0.25) is 0 Å². The second-order valence-electron chi connectivity index (χ2n) is 10.6. The number of nitrogens with zero attached hydrogens (tertiary/aromatic N) is 3. The van der Waals surface area contributed by atoms with E-state index in [1.807, 2.05) is 41.3 Å². The lowest BCUT2D eigenvalue weighted by atomic mass is 10.0. The zero-order chi connectivity index (χ0) is 29.1. The van der Waals surface area contributed by atoms with Crippen molar-refractivity contribution in [3.63, 3.8) is 0 Å². The van der Waals surface area contributed by atoms with E-state index < -0.39 is 0 Å². The van der Waals surface area contributed by atoms with Crippen LogP contribution in [-0.2, 0) is 9.47 Å². The van der Waals surface area contributed by atoms with E-state index in [-0.39, 0.29) is 18.1 Å². The van der Waals surface area contributed by atoms with Gasteiger partial charge in [0.05, 0.1) is 37.6 Å². The molecule has 0 saturated carbocycles. The van der Waals surface area contributed by atoms with E-state index in [0.29, 0.717) is 71.4 Å². The molecule has 2 aromatic carbocycles. The molecule has 0 atom stereocenters. The number of ether oxygens (including phenoxy) is 4. The summed E-state index contributed by atoms with van der Waals surface area (Å²) in [6, 6.07) is 17.0. The van der Waals surface area contributed by atoms with E-state index in [0.717, 1.165) is 36.8 Å². The van der Waals surface area contributed by atoms with E-state index in [4.69, 9.17) is 23.4 Å². The summed E-state index contributed by atoms with van der Waals surface area (Å²) in [5.41, 5.74) is 4.64. The number of pyridine rings is 1. The lowest BCUT2D eigenvalue weighted by Gasteiger charge is -2.31. The first-order chi connectivity index (χ1) is 20.6. The Kier molecular flexibility index (Phi) is 8.08. The average Bonchev–Trinajstić information content (AvgIpc) is 3.49. The minimum Gasteiger partial charge on any atom is -0.496 e. The van der Waals surface area contributed by atoms with E-state index in [1.165, 1.54) is 0 Å². The molecule has 216 valence electrons. The molecule has 2 aliphatic heterocycles. The van der Waals surface area contributed by atoms with Gasteiger partial charge in [0.15, 0.2) is 5.58 Å². The number of methoxy groups -OCH3 is 2. The lowest BCUT2D eigenvalue weighted by molar-refractivity contribution is 0.0254. The zero-order valence-corrected chi connectivity index (χ0v) is 23.8. The quantitative estimate of drug-likeness (QED) is 0.274. The van der Waals surface area contributed by atoms with Gasteiger partial charge in [-0.3, -0.25) is 9.78 Å². The van der Waals surface area contributed by atoms with Gasteiger partial charge in [-0.25, -0.2) is 0 Å². The first kappa shape index (κ1) is 27.8. The number of hydrogen-bond acceptors (Lipinski definition) is 8. The third-order valence-electron chi connectivity index (χ3n) is 8.06. The van der Waals surface area contributed by atoms with Gasteiger partial charge in [0.1, 0.15) is 34.9 Å². The maximum atomic E-state index is 13.2. The van der Waals surface area contributed by atoms with Crippen LogP contribution in [0.4, 0.5) is 0 Å². The number of furan rings is 1. The van der Waals surface area contributed by atoms with Crippen molar-refractivity contribution >= 4 is 17.0 Å². The monoisotopic (exact) mass is 567 g/mol. The highest BCUT2D eigenvalue weighted by Gasteiger charge is 2.25. The van der Waals surface area contributed by atoms with Gasteiger partial charge in [-0.2, -0.15) is 5.26 Å². The summed E-state index contributed by atoms with van der Waals surface area (Å²) in [4.78, 5) is 19.6.